The number of hydrogen-bond acceptors (Lipinski definition) is 3. The van der Waals surface area contributed by atoms with Crippen molar-refractivity contribution in [1.29, 1.82) is 0 Å². The molecule has 3 amide bonds. The van der Waals surface area contributed by atoms with Gasteiger partial charge in [0.25, 0.3) is 0 Å². The average Bonchev–Trinajstić information content (AvgIpc) is 3.38. The molecule has 5 aliphatic carbocycles. The van der Waals surface area contributed by atoms with Gasteiger partial charge in [-0.25, -0.2) is 9.59 Å². The monoisotopic (exact) mass is 657 g/mol. The van der Waals surface area contributed by atoms with Gasteiger partial charge in [-0.2, -0.15) is 0 Å². The minimum Gasteiger partial charge on any atom is -0.478 e. The van der Waals surface area contributed by atoms with E-state index in [1.54, 1.807) is 12.1 Å². The fourth-order valence-electron chi connectivity index (χ4n) is 13.3. The number of carbonyl (C=O) groups excluding carboxylic acids is 2. The van der Waals surface area contributed by atoms with E-state index in [2.05, 4.69) is 51.3 Å². The van der Waals surface area contributed by atoms with Crippen LogP contribution in [0.15, 0.2) is 30.3 Å². The smallest absolute Gasteiger partial charge is 0.335 e. The van der Waals surface area contributed by atoms with Gasteiger partial charge in [0.15, 0.2) is 0 Å². The first-order valence-electron chi connectivity index (χ1n) is 19.2. The van der Waals surface area contributed by atoms with Crippen molar-refractivity contribution >= 4 is 23.5 Å². The molecule has 5 fully saturated rings. The maximum atomic E-state index is 13.5. The summed E-state index contributed by atoms with van der Waals surface area (Å²) in [5.41, 5.74) is 3.53. The van der Waals surface area contributed by atoms with Crippen LogP contribution in [0.4, 0.5) is 4.79 Å². The molecule has 10 atom stereocenters. The number of nitrogens with one attached hydrogen (secondary N) is 2. The maximum absolute atomic E-state index is 13.5. The summed E-state index contributed by atoms with van der Waals surface area (Å²) in [5.74, 6) is 2.78. The molecule has 6 aliphatic rings. The largest absolute Gasteiger partial charge is 0.478 e. The molecule has 1 heterocycles. The number of carbonyl (C=O) groups is 3. The van der Waals surface area contributed by atoms with E-state index in [0.717, 1.165) is 38.6 Å². The normalized spacial score (nSPS) is 42.1. The van der Waals surface area contributed by atoms with Crippen molar-refractivity contribution in [2.75, 3.05) is 19.6 Å². The molecule has 4 saturated carbocycles. The molecule has 48 heavy (non-hydrogen) atoms. The van der Waals surface area contributed by atoms with E-state index >= 15 is 0 Å². The molecule has 7 heteroatoms. The number of amides is 3. The van der Waals surface area contributed by atoms with Crippen LogP contribution >= 0.6 is 0 Å². The highest BCUT2D eigenvalue weighted by atomic mass is 16.4. The number of likely N-dealkylation sites (tertiary alicyclic amines) is 1. The molecule has 0 spiro atoms. The molecule has 1 aliphatic heterocycles. The second kappa shape index (κ2) is 12.2. The lowest BCUT2D eigenvalue weighted by Crippen LogP contribution is -2.68. The molecular weight excluding hydrogens is 598 g/mol. The Labute approximate surface area is 288 Å². The van der Waals surface area contributed by atoms with Crippen LogP contribution in [0.5, 0.6) is 0 Å². The number of hydrogen-bond donors (Lipinski definition) is 3. The van der Waals surface area contributed by atoms with Crippen molar-refractivity contribution in [3.8, 4) is 0 Å². The van der Waals surface area contributed by atoms with Crippen LogP contribution < -0.4 is 10.6 Å². The fraction of sp³-hybridized carbons (Fsp3) is 0.732. The van der Waals surface area contributed by atoms with Gasteiger partial charge in [0.1, 0.15) is 0 Å². The Hall–Kier alpha value is -2.83. The van der Waals surface area contributed by atoms with E-state index < -0.39 is 5.97 Å². The number of urea groups is 1. The Morgan fingerprint density at radius 1 is 0.917 bits per heavy atom. The summed E-state index contributed by atoms with van der Waals surface area (Å²) in [4.78, 5) is 39.1. The third-order valence-corrected chi connectivity index (χ3v) is 15.9. The summed E-state index contributed by atoms with van der Waals surface area (Å²) >= 11 is 0. The summed E-state index contributed by atoms with van der Waals surface area (Å²) in [6.07, 6.45) is 15.8. The molecule has 7 nitrogen and oxygen atoms in total. The zero-order chi connectivity index (χ0) is 34.1. The zero-order valence-electron chi connectivity index (χ0n) is 30.1. The van der Waals surface area contributed by atoms with Crippen molar-refractivity contribution in [2.45, 2.75) is 117 Å². The Kier molecular flexibility index (Phi) is 8.55. The van der Waals surface area contributed by atoms with Crippen molar-refractivity contribution in [3.63, 3.8) is 0 Å². The highest BCUT2D eigenvalue weighted by Gasteiger charge is 2.69. The molecule has 262 valence electrons. The second-order valence-electron chi connectivity index (χ2n) is 17.7. The summed E-state index contributed by atoms with van der Waals surface area (Å²) in [5, 5.41) is 16.2. The summed E-state index contributed by atoms with van der Waals surface area (Å²) in [7, 11) is 0. The third-order valence-electron chi connectivity index (χ3n) is 15.9. The lowest BCUT2D eigenvalue weighted by Gasteiger charge is -2.71. The summed E-state index contributed by atoms with van der Waals surface area (Å²) in [6.45, 7) is 14.7. The first-order valence-corrected chi connectivity index (χ1v) is 19.2. The molecular formula is C41H59N3O4. The Balaban J connectivity index is 1.08. The minimum absolute atomic E-state index is 0.0496. The highest BCUT2D eigenvalue weighted by molar-refractivity contribution is 5.88. The molecule has 1 saturated heterocycles. The summed E-state index contributed by atoms with van der Waals surface area (Å²) in [6, 6.07) is 7.47. The number of fused-ring (bicyclic) bond motifs is 7. The number of carboxylic acids is 1. The second-order valence-corrected chi connectivity index (χ2v) is 17.7. The lowest BCUT2D eigenvalue weighted by molar-refractivity contribution is -0.214. The van der Waals surface area contributed by atoms with Crippen molar-refractivity contribution in [1.82, 2.24) is 15.5 Å². The zero-order valence-corrected chi connectivity index (χ0v) is 30.1. The predicted octanol–water partition coefficient (Wildman–Crippen LogP) is 8.15. The van der Waals surface area contributed by atoms with E-state index in [1.165, 1.54) is 49.7 Å². The fourth-order valence-corrected chi connectivity index (χ4v) is 13.3. The van der Waals surface area contributed by atoms with Crippen LogP contribution in [0, 0.1) is 51.8 Å². The van der Waals surface area contributed by atoms with Crippen molar-refractivity contribution in [3.05, 3.63) is 41.5 Å². The highest BCUT2D eigenvalue weighted by Crippen LogP contribution is 2.75. The standard InChI is InChI=1S/C41H59N3O4/c1-26-15-20-41(43-37(48)42-23-25-44-24-7-6-8-34(44)45)22-21-39(4)32(35(26)41)13-14-33-38(3)18-16-30(27(2)31(38)17-19-40(33,39)5)28-9-11-29(12-10-28)36(46)47/h9-12,16,26-27,31-33,35H,6-8,13-15,17-25H2,1-5H3,(H,46,47)(H2,42,43,48)/t26?,27?,31?,32?,33?,35?,38-,39+,40?,41?/m0/s1. The van der Waals surface area contributed by atoms with Gasteiger partial charge in [0.05, 0.1) is 5.56 Å². The lowest BCUT2D eigenvalue weighted by atomic mass is 9.34. The van der Waals surface area contributed by atoms with Gasteiger partial charge in [-0.05, 0) is 146 Å². The van der Waals surface area contributed by atoms with Gasteiger partial charge in [-0.15, -0.1) is 0 Å². The molecule has 1 aromatic rings. The molecule has 3 N–H and O–H groups in total. The first-order chi connectivity index (χ1) is 22.8. The van der Waals surface area contributed by atoms with Crippen LogP contribution in [0.2, 0.25) is 0 Å². The Morgan fingerprint density at radius 3 is 2.42 bits per heavy atom. The van der Waals surface area contributed by atoms with E-state index in [0.29, 0.717) is 60.6 Å². The number of benzene rings is 1. The molecule has 0 radical (unpaired) electrons. The van der Waals surface area contributed by atoms with Gasteiger partial charge < -0.3 is 20.6 Å². The van der Waals surface area contributed by atoms with Crippen molar-refractivity contribution in [2.24, 2.45) is 51.8 Å². The number of nitrogens with zero attached hydrogens (tertiary/aromatic N) is 1. The molecule has 7 rings (SSSR count). The number of allylic oxidation sites excluding steroid dienone is 2. The SMILES string of the molecule is CC1CCC2(NC(=O)NCCN3CCCCC3=O)CC[C@]3(C)C(CCC4C3(C)CCC3C(C)C(c5ccc(C(=O)O)cc5)=CC[C@@]34C)C12. The topological polar surface area (TPSA) is 98.7 Å². The van der Waals surface area contributed by atoms with E-state index in [1.807, 2.05) is 17.0 Å². The minimum atomic E-state index is -0.872. The Bertz CT molecular complexity index is 1470. The van der Waals surface area contributed by atoms with Crippen LogP contribution in [0.25, 0.3) is 5.57 Å². The van der Waals surface area contributed by atoms with Crippen LogP contribution in [0.3, 0.4) is 0 Å². The number of rotatable bonds is 6. The first kappa shape index (κ1) is 33.7. The molecule has 1 aromatic carbocycles. The molecule has 0 bridgehead atoms. The number of piperidine rings is 1. The van der Waals surface area contributed by atoms with E-state index in [9.17, 15) is 19.5 Å². The van der Waals surface area contributed by atoms with Crippen molar-refractivity contribution < 1.29 is 19.5 Å². The van der Waals surface area contributed by atoms with Gasteiger partial charge >= 0.3 is 12.0 Å². The molecule has 8 unspecified atom stereocenters. The number of aromatic carboxylic acids is 1. The van der Waals surface area contributed by atoms with Gasteiger partial charge in [0, 0.05) is 31.6 Å². The van der Waals surface area contributed by atoms with Crippen LogP contribution in [-0.4, -0.2) is 53.1 Å². The summed E-state index contributed by atoms with van der Waals surface area (Å²) < 4.78 is 0. The van der Waals surface area contributed by atoms with Crippen LogP contribution in [0.1, 0.15) is 128 Å². The Morgan fingerprint density at radius 2 is 1.69 bits per heavy atom. The maximum Gasteiger partial charge on any atom is 0.335 e. The van der Waals surface area contributed by atoms with E-state index in [-0.39, 0.29) is 33.7 Å². The van der Waals surface area contributed by atoms with Gasteiger partial charge in [-0.3, -0.25) is 4.79 Å². The third kappa shape index (κ3) is 5.14. The number of carboxylic acid groups (broad SMARTS) is 1. The predicted molar refractivity (Wildman–Crippen MR) is 189 cm³/mol. The van der Waals surface area contributed by atoms with E-state index in [4.69, 9.17) is 0 Å². The quantitative estimate of drug-likeness (QED) is 0.288. The van der Waals surface area contributed by atoms with Gasteiger partial charge in [0.2, 0.25) is 5.91 Å². The molecule has 0 aromatic heterocycles. The average molecular weight is 658 g/mol. The van der Waals surface area contributed by atoms with Crippen LogP contribution in [-0.2, 0) is 4.79 Å². The van der Waals surface area contributed by atoms with Gasteiger partial charge in [-0.1, -0.05) is 52.8 Å².